The summed E-state index contributed by atoms with van der Waals surface area (Å²) in [7, 11) is 1.87. The Morgan fingerprint density at radius 2 is 1.62 bits per heavy atom. The fraction of sp³-hybridized carbons (Fsp3) is 0.190. The lowest BCUT2D eigenvalue weighted by Gasteiger charge is -2.13. The highest BCUT2D eigenvalue weighted by Gasteiger charge is 2.05. The van der Waals surface area contributed by atoms with Crippen LogP contribution in [0.15, 0.2) is 77.8 Å². The van der Waals surface area contributed by atoms with Crippen LogP contribution >= 0.6 is 0 Å². The van der Waals surface area contributed by atoms with Gasteiger partial charge in [0.15, 0.2) is 0 Å². The van der Waals surface area contributed by atoms with Crippen LogP contribution in [-0.2, 0) is 6.42 Å². The smallest absolute Gasteiger partial charge is 0.0813 e. The molecule has 0 aliphatic rings. The minimum atomic E-state index is -0.0962. The Bertz CT molecular complexity index is 748. The zero-order chi connectivity index (χ0) is 17.2. The summed E-state index contributed by atoms with van der Waals surface area (Å²) in [6.07, 6.45) is 0.908. The number of benzene rings is 3. The second-order valence-electron chi connectivity index (χ2n) is 5.52. The molecule has 0 fully saturated rings. The summed E-state index contributed by atoms with van der Waals surface area (Å²) < 4.78 is 0. The van der Waals surface area contributed by atoms with Crippen molar-refractivity contribution in [3.63, 3.8) is 0 Å². The van der Waals surface area contributed by atoms with Crippen LogP contribution in [0.4, 0.5) is 0 Å². The molecule has 1 unspecified atom stereocenters. The van der Waals surface area contributed by atoms with Crippen molar-refractivity contribution in [2.75, 3.05) is 13.6 Å². The number of fused-ring (bicyclic) bond motifs is 1. The maximum absolute atomic E-state index is 5.95. The second kappa shape index (κ2) is 9.60. The molecule has 0 saturated carbocycles. The Morgan fingerprint density at radius 1 is 0.958 bits per heavy atom. The summed E-state index contributed by atoms with van der Waals surface area (Å²) >= 11 is 0. The van der Waals surface area contributed by atoms with Crippen molar-refractivity contribution >= 4 is 17.5 Å². The molecule has 0 amide bonds. The molecule has 3 aromatic carbocycles. The van der Waals surface area contributed by atoms with Crippen molar-refractivity contribution in [2.24, 2.45) is 10.7 Å². The summed E-state index contributed by atoms with van der Waals surface area (Å²) in [5, 5.41) is 5.50. The van der Waals surface area contributed by atoms with Crippen LogP contribution in [0.2, 0.25) is 0 Å². The number of aliphatic imine (C=N–C) groups is 1. The fourth-order valence-electron chi connectivity index (χ4n) is 2.53. The van der Waals surface area contributed by atoms with E-state index < -0.39 is 0 Å². The zero-order valence-electron chi connectivity index (χ0n) is 14.2. The average molecular weight is 319 g/mol. The van der Waals surface area contributed by atoms with Crippen LogP contribution in [0.1, 0.15) is 17.3 Å². The number of hydrogen-bond acceptors (Lipinski definition) is 3. The summed E-state index contributed by atoms with van der Waals surface area (Å²) in [5.74, 6) is 0. The van der Waals surface area contributed by atoms with Gasteiger partial charge in [-0.25, -0.2) is 0 Å². The molecule has 0 heterocycles. The van der Waals surface area contributed by atoms with Gasteiger partial charge in [-0.15, -0.1) is 0 Å². The average Bonchev–Trinajstić information content (AvgIpc) is 2.66. The van der Waals surface area contributed by atoms with Gasteiger partial charge in [-0.3, -0.25) is 0 Å². The third-order valence-electron chi connectivity index (χ3n) is 3.87. The zero-order valence-corrected chi connectivity index (χ0v) is 14.2. The summed E-state index contributed by atoms with van der Waals surface area (Å²) in [5.41, 5.74) is 8.42. The molecule has 24 heavy (non-hydrogen) atoms. The van der Waals surface area contributed by atoms with Gasteiger partial charge < -0.3 is 16.0 Å². The predicted octanol–water partition coefficient (Wildman–Crippen LogP) is 3.95. The van der Waals surface area contributed by atoms with Crippen LogP contribution < -0.4 is 11.1 Å². The first-order valence-corrected chi connectivity index (χ1v) is 8.13. The van der Waals surface area contributed by atoms with Gasteiger partial charge in [0, 0.05) is 6.54 Å². The molecule has 3 heteroatoms. The third kappa shape index (κ3) is 5.01. The number of nitrogens with zero attached hydrogens (tertiary/aromatic N) is 1. The molecule has 3 N–H and O–H groups in total. The molecule has 3 rings (SSSR count). The summed E-state index contributed by atoms with van der Waals surface area (Å²) in [6, 6.07) is 24.8. The lowest BCUT2D eigenvalue weighted by molar-refractivity contribution is 0.627. The van der Waals surface area contributed by atoms with Gasteiger partial charge in [0.2, 0.25) is 0 Å². The first-order valence-electron chi connectivity index (χ1n) is 8.13. The maximum Gasteiger partial charge on any atom is 0.0813 e. The minimum absolute atomic E-state index is 0.0962. The van der Waals surface area contributed by atoms with E-state index in [1.54, 1.807) is 0 Å². The summed E-state index contributed by atoms with van der Waals surface area (Å²) in [4.78, 5) is 3.78. The monoisotopic (exact) mass is 319 g/mol. The topological polar surface area (TPSA) is 50.4 Å². The van der Waals surface area contributed by atoms with Crippen molar-refractivity contribution in [3.05, 3.63) is 83.9 Å². The van der Waals surface area contributed by atoms with Gasteiger partial charge in [-0.05, 0) is 42.1 Å². The quantitative estimate of drug-likeness (QED) is 0.553. The molecule has 0 saturated heterocycles. The molecule has 0 radical (unpaired) electrons. The van der Waals surface area contributed by atoms with E-state index in [4.69, 9.17) is 5.73 Å². The van der Waals surface area contributed by atoms with Crippen molar-refractivity contribution in [3.8, 4) is 0 Å². The largest absolute Gasteiger partial charge is 0.312 e. The van der Waals surface area contributed by atoms with Crippen LogP contribution in [0.5, 0.6) is 0 Å². The predicted molar refractivity (Wildman–Crippen MR) is 104 cm³/mol. The Morgan fingerprint density at radius 3 is 2.33 bits per heavy atom. The Balaban J connectivity index is 0.000000185. The van der Waals surface area contributed by atoms with Crippen LogP contribution in [0.3, 0.4) is 0 Å². The molecule has 0 aromatic heterocycles. The normalized spacial score (nSPS) is 11.4. The Hall–Kier alpha value is -2.49. The van der Waals surface area contributed by atoms with Gasteiger partial charge in [-0.1, -0.05) is 72.8 Å². The van der Waals surface area contributed by atoms with Crippen molar-refractivity contribution in [1.82, 2.24) is 5.32 Å². The lowest BCUT2D eigenvalue weighted by Crippen LogP contribution is -2.24. The molecule has 0 aliphatic carbocycles. The number of nitrogens with one attached hydrogen (secondary N) is 1. The highest BCUT2D eigenvalue weighted by molar-refractivity contribution is 5.86. The van der Waals surface area contributed by atoms with E-state index in [1.165, 1.54) is 16.3 Å². The third-order valence-corrected chi connectivity index (χ3v) is 3.87. The van der Waals surface area contributed by atoms with E-state index >= 15 is 0 Å². The number of rotatable bonds is 5. The lowest BCUT2D eigenvalue weighted by atomic mass is 10.0. The molecule has 0 aliphatic heterocycles. The molecule has 124 valence electrons. The van der Waals surface area contributed by atoms with E-state index in [0.717, 1.165) is 18.5 Å². The molecule has 0 spiro atoms. The minimum Gasteiger partial charge on any atom is -0.312 e. The number of nitrogens with two attached hydrogens (primary N) is 1. The molecular formula is C21H25N3. The molecular weight excluding hydrogens is 294 g/mol. The first-order chi connectivity index (χ1) is 11.8. The van der Waals surface area contributed by atoms with Crippen molar-refractivity contribution in [2.45, 2.75) is 12.6 Å². The Kier molecular flexibility index (Phi) is 7.15. The van der Waals surface area contributed by atoms with Gasteiger partial charge in [0.1, 0.15) is 0 Å². The fourth-order valence-corrected chi connectivity index (χ4v) is 2.53. The van der Waals surface area contributed by atoms with Gasteiger partial charge in [0.05, 0.1) is 6.17 Å². The summed E-state index contributed by atoms with van der Waals surface area (Å²) in [6.45, 7) is 4.25. The highest BCUT2D eigenvalue weighted by atomic mass is 15.0. The maximum atomic E-state index is 5.95. The molecule has 3 aromatic rings. The number of hydrogen-bond donors (Lipinski definition) is 2. The van der Waals surface area contributed by atoms with E-state index in [1.807, 2.05) is 43.4 Å². The molecule has 1 atom stereocenters. The van der Waals surface area contributed by atoms with E-state index in [-0.39, 0.29) is 6.17 Å². The SMILES string of the molecule is C=NCCc1ccccc1.CNC(N)c1cccc2ccccc12. The van der Waals surface area contributed by atoms with Crippen molar-refractivity contribution < 1.29 is 0 Å². The van der Waals surface area contributed by atoms with Crippen LogP contribution in [0, 0.1) is 0 Å². The van der Waals surface area contributed by atoms with E-state index in [9.17, 15) is 0 Å². The second-order valence-corrected chi connectivity index (χ2v) is 5.52. The van der Waals surface area contributed by atoms with Crippen molar-refractivity contribution in [1.29, 1.82) is 0 Å². The highest BCUT2D eigenvalue weighted by Crippen LogP contribution is 2.21. The van der Waals surface area contributed by atoms with Gasteiger partial charge in [0.25, 0.3) is 0 Å². The van der Waals surface area contributed by atoms with Gasteiger partial charge >= 0.3 is 0 Å². The Labute approximate surface area is 144 Å². The van der Waals surface area contributed by atoms with Crippen LogP contribution in [0.25, 0.3) is 10.8 Å². The molecule has 3 nitrogen and oxygen atoms in total. The van der Waals surface area contributed by atoms with E-state index in [0.29, 0.717) is 0 Å². The van der Waals surface area contributed by atoms with Crippen LogP contribution in [-0.4, -0.2) is 20.3 Å². The van der Waals surface area contributed by atoms with E-state index in [2.05, 4.69) is 53.4 Å². The molecule has 0 bridgehead atoms. The standard InChI is InChI=1S/C12H14N2.C9H11N/c1-14-12(13)11-8-4-6-9-5-2-3-7-10(9)11;1-10-8-7-9-5-3-2-4-6-9/h2-8,12,14H,13H2,1H3;2-6H,1,7-8H2. The first kappa shape index (κ1) is 17.9. The van der Waals surface area contributed by atoms with Gasteiger partial charge in [-0.2, -0.15) is 0 Å².